The number of benzene rings is 1. The molecule has 132 valence electrons. The topological polar surface area (TPSA) is 79.4 Å². The van der Waals surface area contributed by atoms with Gasteiger partial charge in [-0.2, -0.15) is 0 Å². The Kier molecular flexibility index (Phi) is 5.92. The zero-order valence-corrected chi connectivity index (χ0v) is 14.4. The Morgan fingerprint density at radius 2 is 2.04 bits per heavy atom. The number of amides is 1. The molecule has 2 N–H and O–H groups in total. The third-order valence-corrected chi connectivity index (χ3v) is 4.00. The van der Waals surface area contributed by atoms with Gasteiger partial charge in [-0.05, 0) is 36.8 Å². The standard InChI is InChI=1S/C18H23N5O2/c1-14-3-2-4-15(13-14)20-17-6-5-16(21-22-17)18(24)19-7-8-23-9-11-25-12-10-23/h2-6,13H,7-12H2,1H3,(H,19,24)(H,20,22). The minimum absolute atomic E-state index is 0.206. The Hall–Kier alpha value is -2.51. The number of anilines is 2. The summed E-state index contributed by atoms with van der Waals surface area (Å²) in [6.07, 6.45) is 0. The van der Waals surface area contributed by atoms with Gasteiger partial charge in [0.1, 0.15) is 0 Å². The minimum Gasteiger partial charge on any atom is -0.379 e. The molecule has 0 bridgehead atoms. The van der Waals surface area contributed by atoms with Gasteiger partial charge in [-0.15, -0.1) is 10.2 Å². The van der Waals surface area contributed by atoms with Crippen LogP contribution in [-0.2, 0) is 4.74 Å². The summed E-state index contributed by atoms with van der Waals surface area (Å²) < 4.78 is 5.30. The van der Waals surface area contributed by atoms with Crippen molar-refractivity contribution >= 4 is 17.4 Å². The maximum atomic E-state index is 12.1. The lowest BCUT2D eigenvalue weighted by atomic mass is 10.2. The Morgan fingerprint density at radius 3 is 2.76 bits per heavy atom. The zero-order valence-electron chi connectivity index (χ0n) is 14.4. The van der Waals surface area contributed by atoms with E-state index in [9.17, 15) is 4.79 Å². The van der Waals surface area contributed by atoms with Crippen molar-refractivity contribution in [3.05, 3.63) is 47.7 Å². The maximum absolute atomic E-state index is 12.1. The molecule has 7 heteroatoms. The molecule has 0 saturated carbocycles. The third-order valence-electron chi connectivity index (χ3n) is 4.00. The molecule has 2 heterocycles. The van der Waals surface area contributed by atoms with Crippen LogP contribution in [0.3, 0.4) is 0 Å². The van der Waals surface area contributed by atoms with Crippen molar-refractivity contribution in [1.29, 1.82) is 0 Å². The van der Waals surface area contributed by atoms with E-state index in [0.29, 0.717) is 18.1 Å². The summed E-state index contributed by atoms with van der Waals surface area (Å²) in [6, 6.07) is 11.4. The molecule has 1 aliphatic rings. The second-order valence-electron chi connectivity index (χ2n) is 6.01. The lowest BCUT2D eigenvalue weighted by molar-refractivity contribution is 0.0383. The lowest BCUT2D eigenvalue weighted by Gasteiger charge is -2.26. The fourth-order valence-corrected chi connectivity index (χ4v) is 2.63. The molecule has 1 aliphatic heterocycles. The Bertz CT molecular complexity index is 699. The predicted molar refractivity (Wildman–Crippen MR) is 96.1 cm³/mol. The molecule has 7 nitrogen and oxygen atoms in total. The van der Waals surface area contributed by atoms with Crippen LogP contribution in [0.1, 0.15) is 16.1 Å². The van der Waals surface area contributed by atoms with Gasteiger partial charge in [0.25, 0.3) is 5.91 Å². The van der Waals surface area contributed by atoms with Crippen molar-refractivity contribution in [2.24, 2.45) is 0 Å². The van der Waals surface area contributed by atoms with Crippen molar-refractivity contribution in [2.45, 2.75) is 6.92 Å². The molecule has 0 spiro atoms. The first-order valence-electron chi connectivity index (χ1n) is 8.46. The summed E-state index contributed by atoms with van der Waals surface area (Å²) in [7, 11) is 0. The van der Waals surface area contributed by atoms with Crippen LogP contribution in [0.15, 0.2) is 36.4 Å². The van der Waals surface area contributed by atoms with Gasteiger partial charge in [0, 0.05) is 31.9 Å². The van der Waals surface area contributed by atoms with E-state index >= 15 is 0 Å². The van der Waals surface area contributed by atoms with E-state index in [1.54, 1.807) is 12.1 Å². The molecule has 0 unspecified atom stereocenters. The summed E-state index contributed by atoms with van der Waals surface area (Å²) in [6.45, 7) is 6.77. The largest absolute Gasteiger partial charge is 0.379 e. The molecule has 25 heavy (non-hydrogen) atoms. The number of nitrogens with one attached hydrogen (secondary N) is 2. The number of hydrogen-bond acceptors (Lipinski definition) is 6. The molecule has 1 saturated heterocycles. The molecular weight excluding hydrogens is 318 g/mol. The van der Waals surface area contributed by atoms with E-state index in [1.165, 1.54) is 0 Å². The van der Waals surface area contributed by atoms with Crippen LogP contribution in [0.5, 0.6) is 0 Å². The third kappa shape index (κ3) is 5.23. The number of aryl methyl sites for hydroxylation is 1. The smallest absolute Gasteiger partial charge is 0.271 e. The van der Waals surface area contributed by atoms with Crippen LogP contribution in [0.2, 0.25) is 0 Å². The number of carbonyl (C=O) groups excluding carboxylic acids is 1. The number of carbonyl (C=O) groups is 1. The summed E-state index contributed by atoms with van der Waals surface area (Å²) >= 11 is 0. The Labute approximate surface area is 147 Å². The minimum atomic E-state index is -0.206. The fraction of sp³-hybridized carbons (Fsp3) is 0.389. The highest BCUT2D eigenvalue weighted by Gasteiger charge is 2.12. The van der Waals surface area contributed by atoms with Crippen LogP contribution >= 0.6 is 0 Å². The highest BCUT2D eigenvalue weighted by atomic mass is 16.5. The lowest BCUT2D eigenvalue weighted by Crippen LogP contribution is -2.41. The molecule has 1 fully saturated rings. The molecule has 2 aromatic rings. The number of hydrogen-bond donors (Lipinski definition) is 2. The van der Waals surface area contributed by atoms with Crippen LogP contribution in [-0.4, -0.2) is 60.4 Å². The molecule has 0 radical (unpaired) electrons. The van der Waals surface area contributed by atoms with E-state index in [4.69, 9.17) is 4.74 Å². The van der Waals surface area contributed by atoms with E-state index in [1.807, 2.05) is 31.2 Å². The monoisotopic (exact) mass is 341 g/mol. The summed E-state index contributed by atoms with van der Waals surface area (Å²) in [5.41, 5.74) is 2.42. The quantitative estimate of drug-likeness (QED) is 0.831. The van der Waals surface area contributed by atoms with Crippen molar-refractivity contribution in [3.63, 3.8) is 0 Å². The van der Waals surface area contributed by atoms with Crippen molar-refractivity contribution in [2.75, 3.05) is 44.7 Å². The first kappa shape index (κ1) is 17.3. The normalized spacial score (nSPS) is 14.9. The Balaban J connectivity index is 1.48. The maximum Gasteiger partial charge on any atom is 0.271 e. The average molecular weight is 341 g/mol. The van der Waals surface area contributed by atoms with E-state index in [2.05, 4.69) is 25.7 Å². The number of aromatic nitrogens is 2. The van der Waals surface area contributed by atoms with Gasteiger partial charge in [0.05, 0.1) is 13.2 Å². The van der Waals surface area contributed by atoms with E-state index in [0.717, 1.165) is 44.1 Å². The second-order valence-corrected chi connectivity index (χ2v) is 6.01. The number of nitrogens with zero attached hydrogens (tertiary/aromatic N) is 3. The first-order chi connectivity index (χ1) is 12.2. The summed E-state index contributed by atoms with van der Waals surface area (Å²) in [5, 5.41) is 14.1. The summed E-state index contributed by atoms with van der Waals surface area (Å²) in [5.74, 6) is 0.401. The molecule has 1 aromatic heterocycles. The molecule has 0 atom stereocenters. The van der Waals surface area contributed by atoms with Crippen LogP contribution in [0.25, 0.3) is 0 Å². The highest BCUT2D eigenvalue weighted by molar-refractivity contribution is 5.92. The SMILES string of the molecule is Cc1cccc(Nc2ccc(C(=O)NCCN3CCOCC3)nn2)c1. The fourth-order valence-electron chi connectivity index (χ4n) is 2.63. The van der Waals surface area contributed by atoms with Gasteiger partial charge in [-0.25, -0.2) is 0 Å². The van der Waals surface area contributed by atoms with Crippen LogP contribution in [0, 0.1) is 6.92 Å². The van der Waals surface area contributed by atoms with Crippen molar-refractivity contribution < 1.29 is 9.53 Å². The molecule has 3 rings (SSSR count). The molecular formula is C18H23N5O2. The molecule has 1 amide bonds. The van der Waals surface area contributed by atoms with E-state index < -0.39 is 0 Å². The summed E-state index contributed by atoms with van der Waals surface area (Å²) in [4.78, 5) is 14.4. The second kappa shape index (κ2) is 8.55. The highest BCUT2D eigenvalue weighted by Crippen LogP contribution is 2.15. The van der Waals surface area contributed by atoms with Gasteiger partial charge >= 0.3 is 0 Å². The van der Waals surface area contributed by atoms with Crippen LogP contribution in [0.4, 0.5) is 11.5 Å². The van der Waals surface area contributed by atoms with Crippen molar-refractivity contribution in [1.82, 2.24) is 20.4 Å². The first-order valence-corrected chi connectivity index (χ1v) is 8.46. The number of ether oxygens (including phenoxy) is 1. The van der Waals surface area contributed by atoms with Gasteiger partial charge in [0.15, 0.2) is 11.5 Å². The molecule has 1 aromatic carbocycles. The Morgan fingerprint density at radius 1 is 1.20 bits per heavy atom. The van der Waals surface area contributed by atoms with Crippen LogP contribution < -0.4 is 10.6 Å². The van der Waals surface area contributed by atoms with E-state index in [-0.39, 0.29) is 5.91 Å². The number of morpholine rings is 1. The molecule has 0 aliphatic carbocycles. The van der Waals surface area contributed by atoms with Crippen molar-refractivity contribution in [3.8, 4) is 0 Å². The van der Waals surface area contributed by atoms with Gasteiger partial charge in [0.2, 0.25) is 0 Å². The van der Waals surface area contributed by atoms with Gasteiger partial charge in [-0.1, -0.05) is 12.1 Å². The van der Waals surface area contributed by atoms with Gasteiger partial charge in [-0.3, -0.25) is 9.69 Å². The number of rotatable bonds is 6. The average Bonchev–Trinajstić information content (AvgIpc) is 2.63. The zero-order chi connectivity index (χ0) is 17.5. The predicted octanol–water partition coefficient (Wildman–Crippen LogP) is 1.59. The van der Waals surface area contributed by atoms with Gasteiger partial charge < -0.3 is 15.4 Å².